The second-order valence-electron chi connectivity index (χ2n) is 4.96. The lowest BCUT2D eigenvalue weighted by Crippen LogP contribution is -2.29. The standard InChI is InChI=1S/C15H18ClN3OS/c1-10-12(7-14(21-10)15(20)18-17)9-19(2)8-11-3-5-13(16)6-4-11/h3-7H,8-9,17H2,1-2H3,(H,18,20). The third kappa shape index (κ3) is 4.28. The molecule has 1 aromatic carbocycles. The van der Waals surface area contributed by atoms with Crippen LogP contribution >= 0.6 is 22.9 Å². The van der Waals surface area contributed by atoms with Crippen LogP contribution in [-0.2, 0) is 13.1 Å². The van der Waals surface area contributed by atoms with Crippen LogP contribution in [0, 0.1) is 6.92 Å². The summed E-state index contributed by atoms with van der Waals surface area (Å²) >= 11 is 7.35. The summed E-state index contributed by atoms with van der Waals surface area (Å²) in [4.78, 5) is 15.5. The number of aryl methyl sites for hydroxylation is 1. The number of hydrogen-bond donors (Lipinski definition) is 2. The molecule has 3 N–H and O–H groups in total. The molecule has 0 spiro atoms. The van der Waals surface area contributed by atoms with Gasteiger partial charge in [-0.3, -0.25) is 15.1 Å². The summed E-state index contributed by atoms with van der Waals surface area (Å²) in [6.45, 7) is 3.62. The van der Waals surface area contributed by atoms with Gasteiger partial charge in [-0.25, -0.2) is 5.84 Å². The van der Waals surface area contributed by atoms with Gasteiger partial charge in [0.1, 0.15) is 0 Å². The first-order valence-electron chi connectivity index (χ1n) is 6.53. The van der Waals surface area contributed by atoms with E-state index in [1.807, 2.05) is 44.3 Å². The molecular formula is C15H18ClN3OS. The van der Waals surface area contributed by atoms with Gasteiger partial charge < -0.3 is 0 Å². The molecule has 0 saturated carbocycles. The summed E-state index contributed by atoms with van der Waals surface area (Å²) in [5, 5.41) is 0.743. The molecule has 0 aliphatic rings. The fraction of sp³-hybridized carbons (Fsp3) is 0.267. The number of hydrazine groups is 1. The van der Waals surface area contributed by atoms with Crippen LogP contribution in [0.5, 0.6) is 0 Å². The largest absolute Gasteiger partial charge is 0.298 e. The number of nitrogens with zero attached hydrogens (tertiary/aromatic N) is 1. The second kappa shape index (κ2) is 7.04. The van der Waals surface area contributed by atoms with Crippen LogP contribution < -0.4 is 11.3 Å². The van der Waals surface area contributed by atoms with Crippen molar-refractivity contribution >= 4 is 28.8 Å². The molecule has 0 radical (unpaired) electrons. The Balaban J connectivity index is 2.02. The normalized spacial score (nSPS) is 10.9. The van der Waals surface area contributed by atoms with E-state index in [1.165, 1.54) is 16.9 Å². The number of thiophene rings is 1. The maximum atomic E-state index is 11.5. The first-order valence-corrected chi connectivity index (χ1v) is 7.72. The number of rotatable bonds is 5. The fourth-order valence-electron chi connectivity index (χ4n) is 2.11. The highest BCUT2D eigenvalue weighted by atomic mass is 35.5. The first-order chi connectivity index (χ1) is 9.99. The summed E-state index contributed by atoms with van der Waals surface area (Å²) in [5.74, 6) is 4.92. The minimum Gasteiger partial charge on any atom is -0.298 e. The van der Waals surface area contributed by atoms with Crippen LogP contribution in [-0.4, -0.2) is 17.9 Å². The van der Waals surface area contributed by atoms with Crippen molar-refractivity contribution < 1.29 is 4.79 Å². The van der Waals surface area contributed by atoms with E-state index in [0.29, 0.717) is 4.88 Å². The molecule has 6 heteroatoms. The fourth-order valence-corrected chi connectivity index (χ4v) is 3.17. The minimum atomic E-state index is -0.241. The third-order valence-corrected chi connectivity index (χ3v) is 4.52. The number of nitrogen functional groups attached to an aromatic ring is 1. The van der Waals surface area contributed by atoms with Crippen molar-refractivity contribution in [1.82, 2.24) is 10.3 Å². The number of carbonyl (C=O) groups excluding carboxylic acids is 1. The Morgan fingerprint density at radius 1 is 1.33 bits per heavy atom. The van der Waals surface area contributed by atoms with Gasteiger partial charge in [0.05, 0.1) is 4.88 Å². The van der Waals surface area contributed by atoms with E-state index < -0.39 is 0 Å². The van der Waals surface area contributed by atoms with Crippen molar-refractivity contribution in [1.29, 1.82) is 0 Å². The first kappa shape index (κ1) is 16.0. The molecule has 0 aliphatic carbocycles. The molecule has 2 aromatic rings. The summed E-state index contributed by atoms with van der Waals surface area (Å²) < 4.78 is 0. The Morgan fingerprint density at radius 2 is 2.00 bits per heavy atom. The molecule has 1 aromatic heterocycles. The van der Waals surface area contributed by atoms with E-state index in [2.05, 4.69) is 10.3 Å². The lowest BCUT2D eigenvalue weighted by atomic mass is 10.2. The van der Waals surface area contributed by atoms with E-state index in [1.54, 1.807) is 0 Å². The van der Waals surface area contributed by atoms with Gasteiger partial charge >= 0.3 is 0 Å². The van der Waals surface area contributed by atoms with Crippen molar-refractivity contribution in [3.63, 3.8) is 0 Å². The smallest absolute Gasteiger partial charge is 0.275 e. The average molecular weight is 324 g/mol. The van der Waals surface area contributed by atoms with Gasteiger partial charge in [0.15, 0.2) is 0 Å². The number of carbonyl (C=O) groups is 1. The van der Waals surface area contributed by atoms with Crippen LogP contribution in [0.4, 0.5) is 0 Å². The van der Waals surface area contributed by atoms with Crippen molar-refractivity contribution in [2.75, 3.05) is 7.05 Å². The number of nitrogens with one attached hydrogen (secondary N) is 1. The summed E-state index contributed by atoms with van der Waals surface area (Å²) in [6.07, 6.45) is 0. The highest BCUT2D eigenvalue weighted by molar-refractivity contribution is 7.14. The van der Waals surface area contributed by atoms with E-state index in [4.69, 9.17) is 17.4 Å². The number of halogens is 1. The molecule has 21 heavy (non-hydrogen) atoms. The molecule has 0 atom stereocenters. The third-order valence-electron chi connectivity index (χ3n) is 3.18. The summed E-state index contributed by atoms with van der Waals surface area (Å²) in [7, 11) is 2.05. The molecule has 4 nitrogen and oxygen atoms in total. The lowest BCUT2D eigenvalue weighted by molar-refractivity contribution is 0.0957. The van der Waals surface area contributed by atoms with Crippen LogP contribution in [0.1, 0.15) is 25.7 Å². The zero-order valence-electron chi connectivity index (χ0n) is 12.0. The Morgan fingerprint density at radius 3 is 2.62 bits per heavy atom. The molecule has 1 heterocycles. The van der Waals surface area contributed by atoms with Gasteiger partial charge in [-0.1, -0.05) is 23.7 Å². The second-order valence-corrected chi connectivity index (χ2v) is 6.66. The summed E-state index contributed by atoms with van der Waals surface area (Å²) in [6, 6.07) is 9.73. The van der Waals surface area contributed by atoms with E-state index in [9.17, 15) is 4.79 Å². The Bertz CT molecular complexity index is 624. The maximum absolute atomic E-state index is 11.5. The quantitative estimate of drug-likeness (QED) is 0.505. The molecule has 112 valence electrons. The molecule has 0 bridgehead atoms. The Kier molecular flexibility index (Phi) is 5.36. The lowest BCUT2D eigenvalue weighted by Gasteiger charge is -2.16. The van der Waals surface area contributed by atoms with Crippen LogP contribution in [0.3, 0.4) is 0 Å². The van der Waals surface area contributed by atoms with E-state index in [0.717, 1.165) is 28.6 Å². The number of benzene rings is 1. The molecular weight excluding hydrogens is 306 g/mol. The highest BCUT2D eigenvalue weighted by Crippen LogP contribution is 2.23. The molecule has 0 aliphatic heterocycles. The van der Waals surface area contributed by atoms with Crippen molar-refractivity contribution in [3.05, 3.63) is 56.2 Å². The number of hydrogen-bond acceptors (Lipinski definition) is 4. The minimum absolute atomic E-state index is 0.241. The van der Waals surface area contributed by atoms with Crippen molar-refractivity contribution in [2.45, 2.75) is 20.0 Å². The van der Waals surface area contributed by atoms with Gasteiger partial charge in [-0.05, 0) is 43.3 Å². The van der Waals surface area contributed by atoms with E-state index in [-0.39, 0.29) is 5.91 Å². The van der Waals surface area contributed by atoms with Crippen LogP contribution in [0.15, 0.2) is 30.3 Å². The van der Waals surface area contributed by atoms with Gasteiger partial charge in [0.25, 0.3) is 5.91 Å². The van der Waals surface area contributed by atoms with Gasteiger partial charge in [0.2, 0.25) is 0 Å². The average Bonchev–Trinajstić information content (AvgIpc) is 2.82. The molecule has 0 fully saturated rings. The Hall–Kier alpha value is -1.40. The zero-order chi connectivity index (χ0) is 15.4. The van der Waals surface area contributed by atoms with Gasteiger partial charge in [-0.2, -0.15) is 0 Å². The Labute approximate surface area is 133 Å². The number of nitrogens with two attached hydrogens (primary N) is 1. The van der Waals surface area contributed by atoms with Crippen molar-refractivity contribution in [2.24, 2.45) is 5.84 Å². The van der Waals surface area contributed by atoms with Crippen molar-refractivity contribution in [3.8, 4) is 0 Å². The molecule has 2 rings (SSSR count). The monoisotopic (exact) mass is 323 g/mol. The maximum Gasteiger partial charge on any atom is 0.275 e. The molecule has 0 saturated heterocycles. The van der Waals surface area contributed by atoms with Gasteiger partial charge in [-0.15, -0.1) is 11.3 Å². The predicted octanol–water partition coefficient (Wildman–Crippen LogP) is 2.95. The SMILES string of the molecule is Cc1sc(C(=O)NN)cc1CN(C)Cc1ccc(Cl)cc1. The van der Waals surface area contributed by atoms with E-state index >= 15 is 0 Å². The zero-order valence-corrected chi connectivity index (χ0v) is 13.6. The summed E-state index contributed by atoms with van der Waals surface area (Å²) in [5.41, 5.74) is 4.52. The molecule has 0 unspecified atom stereocenters. The number of amides is 1. The van der Waals surface area contributed by atoms with Crippen LogP contribution in [0.2, 0.25) is 5.02 Å². The topological polar surface area (TPSA) is 58.4 Å². The van der Waals surface area contributed by atoms with Gasteiger partial charge in [0, 0.05) is 23.0 Å². The van der Waals surface area contributed by atoms with Crippen LogP contribution in [0.25, 0.3) is 0 Å². The molecule has 1 amide bonds. The predicted molar refractivity (Wildman–Crippen MR) is 87.3 cm³/mol. The highest BCUT2D eigenvalue weighted by Gasteiger charge is 2.12.